The number of hydrogen-bond acceptors (Lipinski definition) is 4. The molecule has 0 saturated heterocycles. The summed E-state index contributed by atoms with van der Waals surface area (Å²) in [5.74, 6) is 0.461. The lowest BCUT2D eigenvalue weighted by Gasteiger charge is -2.08. The summed E-state index contributed by atoms with van der Waals surface area (Å²) in [5.41, 5.74) is 2.58. The molecule has 24 heavy (non-hydrogen) atoms. The second-order valence-electron chi connectivity index (χ2n) is 5.41. The van der Waals surface area contributed by atoms with Crippen molar-refractivity contribution in [3.63, 3.8) is 0 Å². The second kappa shape index (κ2) is 6.00. The number of fused-ring (bicyclic) bond motifs is 1. The molecule has 2 N–H and O–H groups in total. The Balaban J connectivity index is 1.57. The van der Waals surface area contributed by atoms with Gasteiger partial charge in [0, 0.05) is 18.9 Å². The van der Waals surface area contributed by atoms with Crippen LogP contribution in [0.1, 0.15) is 5.56 Å². The standard InChI is InChI=1S/C18H15N5O/c24-17-15-7-1-2-8-16(15)21-18(22-17)19-12-13-5-3-6-14(11-13)23-10-4-9-20-23/h1-11H,12H2,(H2,19,21,22,24). The van der Waals surface area contributed by atoms with Crippen LogP contribution in [0.2, 0.25) is 0 Å². The van der Waals surface area contributed by atoms with Gasteiger partial charge >= 0.3 is 0 Å². The van der Waals surface area contributed by atoms with Gasteiger partial charge in [-0.25, -0.2) is 9.67 Å². The number of H-pyrrole nitrogens is 1. The topological polar surface area (TPSA) is 75.6 Å². The molecule has 0 bridgehead atoms. The average molecular weight is 317 g/mol. The van der Waals surface area contributed by atoms with Crippen LogP contribution in [0.15, 0.2) is 71.8 Å². The molecule has 0 aliphatic rings. The van der Waals surface area contributed by atoms with Crippen LogP contribution in [0.4, 0.5) is 5.95 Å². The molecule has 6 heteroatoms. The molecule has 118 valence electrons. The van der Waals surface area contributed by atoms with Gasteiger partial charge in [0.25, 0.3) is 5.56 Å². The van der Waals surface area contributed by atoms with Gasteiger partial charge in [-0.1, -0.05) is 24.3 Å². The van der Waals surface area contributed by atoms with Crippen molar-refractivity contribution in [3.05, 3.63) is 82.9 Å². The third-order valence-electron chi connectivity index (χ3n) is 3.75. The molecule has 0 spiro atoms. The quantitative estimate of drug-likeness (QED) is 0.607. The summed E-state index contributed by atoms with van der Waals surface area (Å²) in [5, 5.41) is 7.98. The smallest absolute Gasteiger partial charge is 0.260 e. The second-order valence-corrected chi connectivity index (χ2v) is 5.41. The molecule has 0 unspecified atom stereocenters. The number of anilines is 1. The first-order valence-electron chi connectivity index (χ1n) is 7.61. The van der Waals surface area contributed by atoms with Crippen molar-refractivity contribution in [2.24, 2.45) is 0 Å². The molecular weight excluding hydrogens is 302 g/mol. The minimum absolute atomic E-state index is 0.145. The maximum Gasteiger partial charge on any atom is 0.260 e. The van der Waals surface area contributed by atoms with Crippen LogP contribution in [0.25, 0.3) is 16.6 Å². The molecule has 0 radical (unpaired) electrons. The number of benzene rings is 2. The maximum atomic E-state index is 12.1. The summed E-state index contributed by atoms with van der Waals surface area (Å²) in [7, 11) is 0. The molecule has 0 fully saturated rings. The van der Waals surface area contributed by atoms with E-state index < -0.39 is 0 Å². The summed E-state index contributed by atoms with van der Waals surface area (Å²) >= 11 is 0. The van der Waals surface area contributed by atoms with E-state index in [1.165, 1.54) is 0 Å². The van der Waals surface area contributed by atoms with Crippen molar-refractivity contribution < 1.29 is 0 Å². The molecule has 2 aromatic heterocycles. The predicted octanol–water partition coefficient (Wildman–Crippen LogP) is 2.72. The van der Waals surface area contributed by atoms with Crippen LogP contribution < -0.4 is 10.9 Å². The molecular formula is C18H15N5O. The van der Waals surface area contributed by atoms with Crippen molar-refractivity contribution in [2.45, 2.75) is 6.54 Å². The van der Waals surface area contributed by atoms with Crippen molar-refractivity contribution in [3.8, 4) is 5.69 Å². The number of rotatable bonds is 4. The molecule has 0 amide bonds. The Hall–Kier alpha value is -3.41. The summed E-state index contributed by atoms with van der Waals surface area (Å²) < 4.78 is 1.81. The molecule has 0 atom stereocenters. The van der Waals surface area contributed by atoms with Gasteiger partial charge in [0.05, 0.1) is 16.6 Å². The number of para-hydroxylation sites is 1. The Labute approximate surface area is 137 Å². The first-order valence-corrected chi connectivity index (χ1v) is 7.61. The minimum atomic E-state index is -0.145. The van der Waals surface area contributed by atoms with Gasteiger partial charge in [0.15, 0.2) is 0 Å². The molecule has 2 aromatic carbocycles. The van der Waals surface area contributed by atoms with E-state index in [9.17, 15) is 4.79 Å². The maximum absolute atomic E-state index is 12.1. The third kappa shape index (κ3) is 2.77. The normalized spacial score (nSPS) is 10.8. The fourth-order valence-corrected chi connectivity index (χ4v) is 2.59. The van der Waals surface area contributed by atoms with Crippen molar-refractivity contribution >= 4 is 16.9 Å². The van der Waals surface area contributed by atoms with E-state index in [1.807, 2.05) is 54.7 Å². The Bertz CT molecular complexity index is 1040. The summed E-state index contributed by atoms with van der Waals surface area (Å²) in [6.45, 7) is 0.552. The summed E-state index contributed by atoms with van der Waals surface area (Å²) in [4.78, 5) is 19.3. The summed E-state index contributed by atoms with van der Waals surface area (Å²) in [6.07, 6.45) is 3.64. The lowest BCUT2D eigenvalue weighted by molar-refractivity contribution is 0.877. The van der Waals surface area contributed by atoms with Crippen LogP contribution in [-0.2, 0) is 6.54 Å². The van der Waals surface area contributed by atoms with E-state index in [4.69, 9.17) is 0 Å². The average Bonchev–Trinajstić information content (AvgIpc) is 3.15. The number of nitrogens with one attached hydrogen (secondary N) is 2. The van der Waals surface area contributed by atoms with Gasteiger partial charge in [0.2, 0.25) is 5.95 Å². The zero-order valence-corrected chi connectivity index (χ0v) is 12.8. The van der Waals surface area contributed by atoms with E-state index in [2.05, 4.69) is 20.4 Å². The van der Waals surface area contributed by atoms with Crippen molar-refractivity contribution in [1.29, 1.82) is 0 Å². The van der Waals surface area contributed by atoms with E-state index in [1.54, 1.807) is 16.9 Å². The molecule has 0 saturated carbocycles. The Morgan fingerprint density at radius 2 is 2.00 bits per heavy atom. The SMILES string of the molecule is O=c1[nH]c(NCc2cccc(-n3cccn3)c2)nc2ccccc12. The number of aromatic nitrogens is 4. The highest BCUT2D eigenvalue weighted by Crippen LogP contribution is 2.12. The highest BCUT2D eigenvalue weighted by Gasteiger charge is 2.03. The fraction of sp³-hybridized carbons (Fsp3) is 0.0556. The lowest BCUT2D eigenvalue weighted by atomic mass is 10.2. The summed E-state index contributed by atoms with van der Waals surface area (Å²) in [6, 6.07) is 17.2. The minimum Gasteiger partial charge on any atom is -0.352 e. The van der Waals surface area contributed by atoms with E-state index in [-0.39, 0.29) is 5.56 Å². The highest BCUT2D eigenvalue weighted by molar-refractivity contribution is 5.78. The van der Waals surface area contributed by atoms with Gasteiger partial charge in [0.1, 0.15) is 0 Å². The largest absolute Gasteiger partial charge is 0.352 e. The third-order valence-corrected chi connectivity index (χ3v) is 3.75. The number of aromatic amines is 1. The zero-order valence-electron chi connectivity index (χ0n) is 12.8. The van der Waals surface area contributed by atoms with Crippen LogP contribution in [-0.4, -0.2) is 19.7 Å². The van der Waals surface area contributed by atoms with Crippen LogP contribution >= 0.6 is 0 Å². The monoisotopic (exact) mass is 317 g/mol. The molecule has 6 nitrogen and oxygen atoms in total. The van der Waals surface area contributed by atoms with Crippen molar-refractivity contribution in [2.75, 3.05) is 5.32 Å². The van der Waals surface area contributed by atoms with Gasteiger partial charge in [-0.05, 0) is 35.9 Å². The molecule has 4 aromatic rings. The first kappa shape index (κ1) is 14.2. The van der Waals surface area contributed by atoms with Gasteiger partial charge in [-0.15, -0.1) is 0 Å². The fourth-order valence-electron chi connectivity index (χ4n) is 2.59. The number of nitrogens with zero attached hydrogens (tertiary/aromatic N) is 3. The molecule has 2 heterocycles. The van der Waals surface area contributed by atoms with Crippen molar-refractivity contribution in [1.82, 2.24) is 19.7 Å². The van der Waals surface area contributed by atoms with E-state index in [0.29, 0.717) is 23.4 Å². The lowest BCUT2D eigenvalue weighted by Crippen LogP contribution is -2.13. The Morgan fingerprint density at radius 3 is 2.88 bits per heavy atom. The first-order chi connectivity index (χ1) is 11.8. The zero-order chi connectivity index (χ0) is 16.4. The molecule has 0 aliphatic carbocycles. The number of hydrogen-bond donors (Lipinski definition) is 2. The van der Waals surface area contributed by atoms with Gasteiger partial charge < -0.3 is 5.32 Å². The van der Waals surface area contributed by atoms with E-state index >= 15 is 0 Å². The highest BCUT2D eigenvalue weighted by atomic mass is 16.1. The van der Waals surface area contributed by atoms with Gasteiger partial charge in [-0.3, -0.25) is 9.78 Å². The Morgan fingerprint density at radius 1 is 1.08 bits per heavy atom. The molecule has 0 aliphatic heterocycles. The predicted molar refractivity (Wildman–Crippen MR) is 93.3 cm³/mol. The van der Waals surface area contributed by atoms with Gasteiger partial charge in [-0.2, -0.15) is 5.10 Å². The Kier molecular flexibility index (Phi) is 3.55. The van der Waals surface area contributed by atoms with Crippen LogP contribution in [0.5, 0.6) is 0 Å². The molecule has 4 rings (SSSR count). The van der Waals surface area contributed by atoms with Crippen LogP contribution in [0, 0.1) is 0 Å². The van der Waals surface area contributed by atoms with Crippen LogP contribution in [0.3, 0.4) is 0 Å². The van der Waals surface area contributed by atoms with E-state index in [0.717, 1.165) is 11.3 Å².